The molecule has 12 rings (SSSR count). The maximum Gasteiger partial charge on any atom is 0.260 e. The average molecular weight is 1070 g/mol. The third-order valence-electron chi connectivity index (χ3n) is 12.9. The number of nitrogens with zero attached hydrogens (tertiary/aromatic N) is 11. The van der Waals surface area contributed by atoms with Crippen LogP contribution in [0, 0.1) is 15.4 Å². The van der Waals surface area contributed by atoms with Crippen LogP contribution in [0.25, 0.3) is 28.7 Å². The zero-order valence-corrected chi connectivity index (χ0v) is 42.1. The lowest BCUT2D eigenvalue weighted by atomic mass is 10.0. The second kappa shape index (κ2) is 21.0. The Morgan fingerprint density at radius 2 is 1.23 bits per heavy atom. The maximum atomic E-state index is 13.4. The number of carbonyl (C=O) groups excluding carboxylic acids is 2. The first-order valence-corrected chi connectivity index (χ1v) is 25.2. The number of fused-ring (bicyclic) bond motifs is 10. The molecule has 8 heterocycles. The van der Waals surface area contributed by atoms with Crippen LogP contribution in [0.15, 0.2) is 110 Å². The molecule has 2 aromatic carbocycles. The van der Waals surface area contributed by atoms with Gasteiger partial charge in [0.1, 0.15) is 47.2 Å². The van der Waals surface area contributed by atoms with Crippen molar-refractivity contribution in [3.8, 4) is 40.2 Å². The fraction of sp³-hybridized carbons (Fsp3) is 0.346. The Hall–Kier alpha value is -7.29. The number of pyridine rings is 2. The molecule has 364 valence electrons. The van der Waals surface area contributed by atoms with Crippen LogP contribution in [0.1, 0.15) is 122 Å². The topological polar surface area (TPSA) is 210 Å². The summed E-state index contributed by atoms with van der Waals surface area (Å²) in [4.78, 5) is 47.1. The van der Waals surface area contributed by atoms with E-state index < -0.39 is 0 Å². The molecule has 0 spiro atoms. The Balaban J connectivity index is 0.000000144. The number of amides is 2. The first-order valence-electron chi connectivity index (χ1n) is 24.1. The molecule has 18 nitrogen and oxygen atoms in total. The smallest absolute Gasteiger partial charge is 0.260 e. The summed E-state index contributed by atoms with van der Waals surface area (Å²) in [5.74, 6) is 4.75. The number of anilines is 2. The molecule has 71 heavy (non-hydrogen) atoms. The second-order valence-corrected chi connectivity index (χ2v) is 20.2. The van der Waals surface area contributed by atoms with Crippen molar-refractivity contribution in [3.63, 3.8) is 0 Å². The predicted octanol–water partition coefficient (Wildman–Crippen LogP) is 10.1. The minimum absolute atomic E-state index is 0.158. The third-order valence-corrected chi connectivity index (χ3v) is 13.6. The Morgan fingerprint density at radius 1 is 0.662 bits per heavy atom. The van der Waals surface area contributed by atoms with Gasteiger partial charge in [-0.25, -0.2) is 19.9 Å². The van der Waals surface area contributed by atoms with Gasteiger partial charge in [0.2, 0.25) is 0 Å². The van der Waals surface area contributed by atoms with Crippen LogP contribution in [-0.2, 0) is 0 Å². The van der Waals surface area contributed by atoms with Crippen molar-refractivity contribution in [2.75, 3.05) is 23.8 Å². The van der Waals surface area contributed by atoms with E-state index in [1.807, 2.05) is 93.1 Å². The van der Waals surface area contributed by atoms with Crippen LogP contribution >= 0.6 is 22.6 Å². The minimum Gasteiger partial charge on any atom is -0.492 e. The molecule has 6 aromatic heterocycles. The summed E-state index contributed by atoms with van der Waals surface area (Å²) >= 11 is 2.19. The number of nitrogens with one attached hydrogen (secondary N) is 3. The van der Waals surface area contributed by atoms with Crippen LogP contribution in [0.4, 0.5) is 11.6 Å². The number of imidazole rings is 2. The second-order valence-electron chi connectivity index (χ2n) is 18.9. The average Bonchev–Trinajstić information content (AvgIpc) is 4.06. The number of aromatic nitrogens is 12. The van der Waals surface area contributed by atoms with Crippen LogP contribution in [0.2, 0.25) is 0 Å². The van der Waals surface area contributed by atoms with E-state index in [4.69, 9.17) is 9.47 Å². The summed E-state index contributed by atoms with van der Waals surface area (Å²) in [5, 5.41) is 22.5. The number of aromatic amines is 1. The van der Waals surface area contributed by atoms with Gasteiger partial charge >= 0.3 is 0 Å². The first-order chi connectivity index (χ1) is 34.5. The SMILES string of the molecule is C[C@H]1COc2ccc(-n3cnc(C4CC4)c3)cc2C(=O)Nc2cccc(n2)-c2nncn2[C@@H](C)C1.C[C@H]1COc2ccc(I)cc2C(=O)Nc2cccc(n2)-c2nncn2[C@@H](C)C1.c1ncc(C2CC2)[nH]1. The summed E-state index contributed by atoms with van der Waals surface area (Å²) in [7, 11) is 0. The number of rotatable bonds is 3. The van der Waals surface area contributed by atoms with E-state index in [0.717, 1.165) is 33.7 Å². The Bertz CT molecular complexity index is 3140. The highest BCUT2D eigenvalue weighted by molar-refractivity contribution is 14.1. The van der Waals surface area contributed by atoms with Crippen molar-refractivity contribution in [2.24, 2.45) is 11.8 Å². The van der Waals surface area contributed by atoms with E-state index in [1.54, 1.807) is 31.1 Å². The summed E-state index contributed by atoms with van der Waals surface area (Å²) < 4.78 is 19.2. The molecule has 2 amide bonds. The fourth-order valence-electron chi connectivity index (χ4n) is 8.85. The van der Waals surface area contributed by atoms with Gasteiger partial charge in [0.05, 0.1) is 42.7 Å². The highest BCUT2D eigenvalue weighted by atomic mass is 127. The monoisotopic (exact) mass is 1070 g/mol. The molecule has 2 aliphatic carbocycles. The van der Waals surface area contributed by atoms with Crippen molar-refractivity contribution < 1.29 is 19.1 Å². The zero-order chi connectivity index (χ0) is 49.0. The van der Waals surface area contributed by atoms with E-state index >= 15 is 0 Å². The molecule has 2 fully saturated rings. The highest BCUT2D eigenvalue weighted by Gasteiger charge is 2.27. The molecule has 0 radical (unpaired) electrons. The van der Waals surface area contributed by atoms with Gasteiger partial charge in [0.25, 0.3) is 11.8 Å². The lowest BCUT2D eigenvalue weighted by molar-refractivity contribution is 0.101. The molecule has 19 heteroatoms. The van der Waals surface area contributed by atoms with Crippen molar-refractivity contribution in [2.45, 2.75) is 90.1 Å². The minimum atomic E-state index is -0.284. The predicted molar refractivity (Wildman–Crippen MR) is 276 cm³/mol. The standard InChI is InChI=1S/C26H27N7O2.C20H20IN5O2.C6H8N2/c1-16-10-17(2)33-15-28-31-25(33)21-4-3-5-24(29-21)30-26(34)20-11-19(8-9-23(20)35-13-16)32-12-22(27-14-32)18-6-7-18;1-12-8-13(2)26-11-22-25-19(26)16-4-3-5-18(23-16)24-20(27)15-9-14(21)6-7-17(15)28-10-12;1-2-5(1)6-3-7-4-8-6/h3-5,8-9,11-12,14-18H,6-7,10,13H2,1-2H3,(H,29,30,34);3-7,9,11-13H,8,10H2,1-2H3,(H,23,24,27);3-5H,1-2H2,(H,7,8)/t16-,17+;12-,13+;/m11./s1. The molecular weight excluding hydrogens is 1010 g/mol. The number of benzene rings is 2. The fourth-order valence-corrected chi connectivity index (χ4v) is 9.35. The van der Waals surface area contributed by atoms with Crippen molar-refractivity contribution >= 4 is 46.0 Å². The van der Waals surface area contributed by atoms with E-state index in [1.165, 1.54) is 31.4 Å². The number of hydrogen-bond donors (Lipinski definition) is 3. The van der Waals surface area contributed by atoms with Gasteiger partial charge in [-0.3, -0.25) is 9.59 Å². The van der Waals surface area contributed by atoms with E-state index in [2.05, 4.69) is 106 Å². The summed E-state index contributed by atoms with van der Waals surface area (Å²) in [6.45, 7) is 9.56. The molecular formula is C52H55IN14O4. The van der Waals surface area contributed by atoms with Crippen molar-refractivity contribution in [3.05, 3.63) is 137 Å². The van der Waals surface area contributed by atoms with Gasteiger partial charge < -0.3 is 38.8 Å². The molecule has 8 aromatic rings. The number of halogens is 1. The van der Waals surface area contributed by atoms with Gasteiger partial charge in [-0.1, -0.05) is 26.0 Å². The largest absolute Gasteiger partial charge is 0.492 e. The molecule has 3 N–H and O–H groups in total. The lowest BCUT2D eigenvalue weighted by Crippen LogP contribution is -2.19. The molecule has 2 saturated carbocycles. The van der Waals surface area contributed by atoms with Crippen LogP contribution < -0.4 is 20.1 Å². The Morgan fingerprint density at radius 3 is 1.77 bits per heavy atom. The van der Waals surface area contributed by atoms with Gasteiger partial charge in [-0.2, -0.15) is 0 Å². The number of ether oxygens (including phenoxy) is 2. The molecule has 0 unspecified atom stereocenters. The van der Waals surface area contributed by atoms with Gasteiger partial charge in [-0.05, 0) is 147 Å². The maximum absolute atomic E-state index is 13.4. The van der Waals surface area contributed by atoms with Gasteiger partial charge in [0, 0.05) is 51.3 Å². The van der Waals surface area contributed by atoms with E-state index in [-0.39, 0.29) is 35.7 Å². The van der Waals surface area contributed by atoms with Crippen molar-refractivity contribution in [1.29, 1.82) is 0 Å². The quantitative estimate of drug-likeness (QED) is 0.141. The summed E-state index contributed by atoms with van der Waals surface area (Å²) in [6, 6.07) is 22.6. The Kier molecular flexibility index (Phi) is 14.0. The van der Waals surface area contributed by atoms with Gasteiger partial charge in [-0.15, -0.1) is 20.4 Å². The first kappa shape index (κ1) is 47.4. The van der Waals surface area contributed by atoms with E-state index in [9.17, 15) is 9.59 Å². The Labute approximate surface area is 424 Å². The normalized spacial score (nSPS) is 19.8. The number of H-pyrrole nitrogens is 1. The molecule has 4 atom stereocenters. The summed E-state index contributed by atoms with van der Waals surface area (Å²) in [5.41, 5.74) is 5.56. The molecule has 2 aliphatic heterocycles. The number of hydrogen-bond acceptors (Lipinski definition) is 12. The number of carbonyl (C=O) groups is 2. The molecule has 0 saturated heterocycles. The molecule has 4 aliphatic rings. The van der Waals surface area contributed by atoms with Gasteiger partial charge in [0.15, 0.2) is 11.6 Å². The van der Waals surface area contributed by atoms with Crippen LogP contribution in [0.5, 0.6) is 11.5 Å². The van der Waals surface area contributed by atoms with Crippen LogP contribution in [0.3, 0.4) is 0 Å². The highest BCUT2D eigenvalue weighted by Crippen LogP contribution is 2.40. The lowest BCUT2D eigenvalue weighted by Gasteiger charge is -2.21. The molecule has 4 bridgehead atoms. The zero-order valence-electron chi connectivity index (χ0n) is 39.9. The summed E-state index contributed by atoms with van der Waals surface area (Å²) in [6.07, 6.45) is 17.8. The van der Waals surface area contributed by atoms with Crippen LogP contribution in [-0.4, -0.2) is 84.0 Å². The third kappa shape index (κ3) is 11.3. The van der Waals surface area contributed by atoms with E-state index in [0.29, 0.717) is 76.4 Å². The van der Waals surface area contributed by atoms with Crippen molar-refractivity contribution in [1.82, 2.24) is 59.0 Å².